The van der Waals surface area contributed by atoms with Gasteiger partial charge in [-0.2, -0.15) is 22.8 Å². The van der Waals surface area contributed by atoms with Crippen LogP contribution in [0.1, 0.15) is 41.1 Å². The van der Waals surface area contributed by atoms with Crippen molar-refractivity contribution in [3.05, 3.63) is 83.4 Å². The molecule has 0 saturated carbocycles. The number of hydrogen-bond acceptors (Lipinski definition) is 5. The second-order valence-corrected chi connectivity index (χ2v) is 9.11. The van der Waals surface area contributed by atoms with Crippen LogP contribution in [0.5, 0.6) is 0 Å². The Morgan fingerprint density at radius 1 is 1.09 bits per heavy atom. The van der Waals surface area contributed by atoms with E-state index in [0.29, 0.717) is 13.1 Å². The average molecular weight is 478 g/mol. The third-order valence-corrected chi connectivity index (χ3v) is 6.48. The van der Waals surface area contributed by atoms with E-state index >= 15 is 0 Å². The topological polar surface area (TPSA) is 58.4 Å². The molecule has 6 nitrogen and oxygen atoms in total. The summed E-state index contributed by atoms with van der Waals surface area (Å²) in [6.07, 6.45) is 3.12. The molecule has 0 aliphatic carbocycles. The van der Waals surface area contributed by atoms with E-state index in [1.54, 1.807) is 18.3 Å². The zero-order valence-corrected chi connectivity index (χ0v) is 19.5. The lowest BCUT2D eigenvalue weighted by Crippen LogP contribution is -2.34. The molecule has 1 fully saturated rings. The van der Waals surface area contributed by atoms with E-state index in [0.717, 1.165) is 71.8 Å². The van der Waals surface area contributed by atoms with Gasteiger partial charge in [-0.3, -0.25) is 9.88 Å². The highest BCUT2D eigenvalue weighted by atomic mass is 19.4. The molecule has 1 saturated heterocycles. The van der Waals surface area contributed by atoms with Crippen LogP contribution in [-0.2, 0) is 19.3 Å². The number of rotatable bonds is 6. The van der Waals surface area contributed by atoms with Crippen molar-refractivity contribution in [1.29, 1.82) is 0 Å². The van der Waals surface area contributed by atoms with Crippen LogP contribution in [0.15, 0.2) is 61.1 Å². The van der Waals surface area contributed by atoms with E-state index in [2.05, 4.69) is 26.4 Å². The number of alkyl halides is 3. The largest absolute Gasteiger partial charge is 0.416 e. The highest BCUT2D eigenvalue weighted by Crippen LogP contribution is 2.31. The Hall–Kier alpha value is -3.40. The normalized spacial score (nSPS) is 17.1. The molecule has 1 N–H and O–H groups in total. The fraction of sp³-hybridized carbons (Fsp3) is 0.320. The molecule has 1 aromatic carbocycles. The number of aromatic nitrogens is 4. The van der Waals surface area contributed by atoms with Gasteiger partial charge in [-0.1, -0.05) is 18.2 Å². The minimum atomic E-state index is -4.31. The SMILES string of the molecule is Bc1cnn2c(NCc3cccnc3)cc(C3CCCN(Cc4ccc(C(F)(F)F)cc4)C3)nc12. The van der Waals surface area contributed by atoms with Crippen molar-refractivity contribution < 1.29 is 13.2 Å². The van der Waals surface area contributed by atoms with E-state index in [1.807, 2.05) is 36.9 Å². The van der Waals surface area contributed by atoms with Crippen molar-refractivity contribution in [2.75, 3.05) is 18.4 Å². The molecular weight excluding hydrogens is 452 g/mol. The first-order valence-electron chi connectivity index (χ1n) is 11.7. The lowest BCUT2D eigenvalue weighted by molar-refractivity contribution is -0.137. The van der Waals surface area contributed by atoms with Gasteiger partial charge >= 0.3 is 6.18 Å². The molecule has 0 spiro atoms. The third kappa shape index (κ3) is 5.32. The van der Waals surface area contributed by atoms with Crippen molar-refractivity contribution in [3.63, 3.8) is 0 Å². The maximum Gasteiger partial charge on any atom is 0.416 e. The van der Waals surface area contributed by atoms with Gasteiger partial charge in [0, 0.05) is 50.2 Å². The monoisotopic (exact) mass is 478 g/mol. The molecule has 35 heavy (non-hydrogen) atoms. The van der Waals surface area contributed by atoms with Gasteiger partial charge < -0.3 is 5.32 Å². The van der Waals surface area contributed by atoms with Gasteiger partial charge in [0.1, 0.15) is 13.7 Å². The van der Waals surface area contributed by atoms with Crippen LogP contribution >= 0.6 is 0 Å². The minimum absolute atomic E-state index is 0.233. The summed E-state index contributed by atoms with van der Waals surface area (Å²) in [5, 5.41) is 7.98. The van der Waals surface area contributed by atoms with E-state index < -0.39 is 11.7 Å². The number of halogens is 3. The summed E-state index contributed by atoms with van der Waals surface area (Å²) in [5.74, 6) is 1.11. The second-order valence-electron chi connectivity index (χ2n) is 9.11. The van der Waals surface area contributed by atoms with Crippen LogP contribution in [0.2, 0.25) is 0 Å². The van der Waals surface area contributed by atoms with Crippen LogP contribution in [0, 0.1) is 0 Å². The quantitative estimate of drug-likeness (QED) is 0.431. The van der Waals surface area contributed by atoms with Gasteiger partial charge in [-0.25, -0.2) is 4.98 Å². The Morgan fingerprint density at radius 2 is 1.91 bits per heavy atom. The molecule has 0 amide bonds. The van der Waals surface area contributed by atoms with Gasteiger partial charge in [0.05, 0.1) is 11.3 Å². The number of fused-ring (bicyclic) bond motifs is 1. The van der Waals surface area contributed by atoms with Crippen LogP contribution in [0.4, 0.5) is 19.0 Å². The number of benzene rings is 1. The zero-order valence-electron chi connectivity index (χ0n) is 19.5. The molecule has 1 unspecified atom stereocenters. The number of nitrogens with zero attached hydrogens (tertiary/aromatic N) is 5. The molecule has 4 aromatic rings. The first-order valence-corrected chi connectivity index (χ1v) is 11.7. The fourth-order valence-corrected chi connectivity index (χ4v) is 4.62. The van der Waals surface area contributed by atoms with Gasteiger partial charge in [0.15, 0.2) is 5.65 Å². The first kappa shape index (κ1) is 23.4. The Kier molecular flexibility index (Phi) is 6.47. The molecule has 0 radical (unpaired) electrons. The molecule has 5 rings (SSSR count). The van der Waals surface area contributed by atoms with Crippen LogP contribution < -0.4 is 10.8 Å². The summed E-state index contributed by atoms with van der Waals surface area (Å²) >= 11 is 0. The van der Waals surface area contributed by atoms with E-state index in [-0.39, 0.29) is 5.92 Å². The van der Waals surface area contributed by atoms with Crippen molar-refractivity contribution in [2.45, 2.75) is 38.0 Å². The maximum absolute atomic E-state index is 12.9. The smallest absolute Gasteiger partial charge is 0.366 e. The third-order valence-electron chi connectivity index (χ3n) is 6.48. The predicted molar refractivity (Wildman–Crippen MR) is 131 cm³/mol. The van der Waals surface area contributed by atoms with Crippen LogP contribution in [-0.4, -0.2) is 45.4 Å². The summed E-state index contributed by atoms with van der Waals surface area (Å²) in [4.78, 5) is 11.4. The van der Waals surface area contributed by atoms with Gasteiger partial charge in [-0.15, -0.1) is 0 Å². The van der Waals surface area contributed by atoms with Crippen molar-refractivity contribution in [2.24, 2.45) is 0 Å². The number of likely N-dealkylation sites (tertiary alicyclic amines) is 1. The van der Waals surface area contributed by atoms with E-state index in [9.17, 15) is 13.2 Å². The highest BCUT2D eigenvalue weighted by Gasteiger charge is 2.30. The molecule has 0 bridgehead atoms. The molecule has 3 aromatic heterocycles. The average Bonchev–Trinajstić information content (AvgIpc) is 3.24. The van der Waals surface area contributed by atoms with Crippen LogP contribution in [0.25, 0.3) is 5.65 Å². The molecule has 1 aliphatic rings. The highest BCUT2D eigenvalue weighted by molar-refractivity contribution is 6.36. The van der Waals surface area contributed by atoms with E-state index in [4.69, 9.17) is 4.98 Å². The minimum Gasteiger partial charge on any atom is -0.366 e. The number of nitrogens with one attached hydrogen (secondary N) is 1. The van der Waals surface area contributed by atoms with Gasteiger partial charge in [-0.05, 0) is 54.2 Å². The molecule has 180 valence electrons. The van der Waals surface area contributed by atoms with Crippen molar-refractivity contribution in [3.8, 4) is 0 Å². The molecule has 1 atom stereocenters. The molecular formula is C25H26BF3N6. The lowest BCUT2D eigenvalue weighted by Gasteiger charge is -2.32. The Bertz CT molecular complexity index is 1290. The summed E-state index contributed by atoms with van der Waals surface area (Å²) in [6.45, 7) is 2.96. The number of anilines is 1. The molecule has 10 heteroatoms. The first-order chi connectivity index (χ1) is 16.9. The van der Waals surface area contributed by atoms with Gasteiger partial charge in [0.2, 0.25) is 0 Å². The Balaban J connectivity index is 1.34. The summed E-state index contributed by atoms with van der Waals surface area (Å²) < 4.78 is 40.5. The fourth-order valence-electron chi connectivity index (χ4n) is 4.62. The number of hydrogen-bond donors (Lipinski definition) is 1. The predicted octanol–water partition coefficient (Wildman–Crippen LogP) is 3.39. The summed E-state index contributed by atoms with van der Waals surface area (Å²) in [5.41, 5.74) is 4.19. The van der Waals surface area contributed by atoms with Crippen molar-refractivity contribution in [1.82, 2.24) is 24.5 Å². The van der Waals surface area contributed by atoms with Crippen LogP contribution in [0.3, 0.4) is 0 Å². The Morgan fingerprint density at radius 3 is 2.66 bits per heavy atom. The standard InChI is InChI=1S/C25H26BF3N6/c26-21-14-32-35-23(31-13-18-3-1-9-30-12-18)11-22(33-24(21)35)19-4-2-10-34(16-19)15-17-5-7-20(8-6-17)25(27,28)29/h1,3,5-9,11-12,14,19,31H,2,4,10,13,15-16,26H2. The second kappa shape index (κ2) is 9.69. The number of piperidine rings is 1. The Labute approximate surface area is 202 Å². The van der Waals surface area contributed by atoms with E-state index in [1.165, 1.54) is 0 Å². The maximum atomic E-state index is 12.9. The lowest BCUT2D eigenvalue weighted by atomic mass is 9.93. The summed E-state index contributed by atoms with van der Waals surface area (Å²) in [6, 6.07) is 11.5. The molecule has 1 aliphatic heterocycles. The van der Waals surface area contributed by atoms with Gasteiger partial charge in [0.25, 0.3) is 0 Å². The summed E-state index contributed by atoms with van der Waals surface area (Å²) in [7, 11) is 2.00. The number of pyridine rings is 1. The molecule has 4 heterocycles. The van der Waals surface area contributed by atoms with Crippen molar-refractivity contribution >= 4 is 24.8 Å². The zero-order chi connectivity index (χ0) is 24.4.